The third-order valence-corrected chi connectivity index (χ3v) is 4.13. The Morgan fingerprint density at radius 1 is 1.27 bits per heavy atom. The van der Waals surface area contributed by atoms with E-state index in [0.29, 0.717) is 13.0 Å². The predicted molar refractivity (Wildman–Crippen MR) is 85.4 cm³/mol. The molecule has 0 aliphatic carbocycles. The second-order valence-electron chi connectivity index (χ2n) is 5.82. The Hall–Kier alpha value is -2.02. The topological polar surface area (TPSA) is 53.3 Å². The van der Waals surface area contributed by atoms with E-state index < -0.39 is 5.92 Å². The van der Waals surface area contributed by atoms with Gasteiger partial charge in [-0.05, 0) is 31.4 Å². The molecule has 0 bridgehead atoms. The summed E-state index contributed by atoms with van der Waals surface area (Å²) in [4.78, 5) is 14.3. The minimum Gasteiger partial charge on any atom is -0.493 e. The molecule has 0 radical (unpaired) electrons. The quantitative estimate of drug-likeness (QED) is 0.838. The van der Waals surface area contributed by atoms with E-state index >= 15 is 0 Å². The van der Waals surface area contributed by atoms with E-state index in [-0.39, 0.29) is 5.91 Å². The summed E-state index contributed by atoms with van der Waals surface area (Å²) < 4.78 is 5.71. The van der Waals surface area contributed by atoms with E-state index in [1.54, 1.807) is 0 Å². The Labute approximate surface area is 132 Å². The summed E-state index contributed by atoms with van der Waals surface area (Å²) in [6.07, 6.45) is 4.89. The van der Waals surface area contributed by atoms with Crippen molar-refractivity contribution in [2.75, 3.05) is 19.7 Å². The van der Waals surface area contributed by atoms with Crippen LogP contribution in [0.4, 0.5) is 0 Å². The molecule has 22 heavy (non-hydrogen) atoms. The highest BCUT2D eigenvalue weighted by Gasteiger charge is 2.24. The van der Waals surface area contributed by atoms with Gasteiger partial charge in [0.25, 0.3) is 0 Å². The summed E-state index contributed by atoms with van der Waals surface area (Å²) in [7, 11) is 0. The van der Waals surface area contributed by atoms with Gasteiger partial charge < -0.3 is 9.64 Å². The van der Waals surface area contributed by atoms with E-state index in [1.165, 1.54) is 12.8 Å². The lowest BCUT2D eigenvalue weighted by Gasteiger charge is -2.23. The van der Waals surface area contributed by atoms with Crippen molar-refractivity contribution in [3.63, 3.8) is 0 Å². The number of para-hydroxylation sites is 1. The fraction of sp³-hybridized carbons (Fsp3) is 0.556. The molecule has 1 fully saturated rings. The summed E-state index contributed by atoms with van der Waals surface area (Å²) >= 11 is 0. The normalized spacial score (nSPS) is 16.5. The summed E-state index contributed by atoms with van der Waals surface area (Å²) in [6, 6.07) is 9.93. The minimum atomic E-state index is -0.595. The summed E-state index contributed by atoms with van der Waals surface area (Å²) in [5.74, 6) is 0.196. The molecule has 0 N–H and O–H groups in total. The number of hydrogen-bond acceptors (Lipinski definition) is 3. The highest BCUT2D eigenvalue weighted by Crippen LogP contribution is 2.18. The first kappa shape index (κ1) is 16.4. The highest BCUT2D eigenvalue weighted by molar-refractivity contribution is 5.81. The largest absolute Gasteiger partial charge is 0.493 e. The van der Waals surface area contributed by atoms with Crippen molar-refractivity contribution in [3.05, 3.63) is 29.8 Å². The van der Waals surface area contributed by atoms with Gasteiger partial charge in [-0.25, -0.2) is 0 Å². The molecule has 0 saturated carbocycles. The average molecular weight is 300 g/mol. The Balaban J connectivity index is 1.85. The Kier molecular flexibility index (Phi) is 6.27. The van der Waals surface area contributed by atoms with Crippen molar-refractivity contribution < 1.29 is 9.53 Å². The van der Waals surface area contributed by atoms with Gasteiger partial charge in [0.1, 0.15) is 11.7 Å². The van der Waals surface area contributed by atoms with Gasteiger partial charge >= 0.3 is 0 Å². The number of amides is 1. The van der Waals surface area contributed by atoms with Crippen LogP contribution in [0.2, 0.25) is 0 Å². The lowest BCUT2D eigenvalue weighted by atomic mass is 10.1. The first-order valence-corrected chi connectivity index (χ1v) is 8.09. The van der Waals surface area contributed by atoms with Gasteiger partial charge in [0, 0.05) is 19.5 Å². The molecule has 1 aliphatic rings. The molecule has 0 spiro atoms. The van der Waals surface area contributed by atoms with Crippen LogP contribution in [-0.2, 0) is 4.79 Å². The Morgan fingerprint density at radius 3 is 2.59 bits per heavy atom. The fourth-order valence-electron chi connectivity index (χ4n) is 2.76. The molecule has 0 aromatic heterocycles. The van der Waals surface area contributed by atoms with Crippen LogP contribution >= 0.6 is 0 Å². The maximum absolute atomic E-state index is 12.4. The van der Waals surface area contributed by atoms with E-state index in [1.807, 2.05) is 36.1 Å². The molecule has 4 heteroatoms. The minimum absolute atomic E-state index is 0.0298. The SMILES string of the molecule is Cc1ccccc1OCCC(C#N)C(=O)N1CCCCCC1. The van der Waals surface area contributed by atoms with Gasteiger partial charge in [-0.15, -0.1) is 0 Å². The highest BCUT2D eigenvalue weighted by atomic mass is 16.5. The summed E-state index contributed by atoms with van der Waals surface area (Å²) in [5.41, 5.74) is 1.06. The number of carbonyl (C=O) groups is 1. The van der Waals surface area contributed by atoms with E-state index in [0.717, 1.165) is 37.2 Å². The third-order valence-electron chi connectivity index (χ3n) is 4.13. The van der Waals surface area contributed by atoms with Crippen LogP contribution in [-0.4, -0.2) is 30.5 Å². The molecular weight excluding hydrogens is 276 g/mol. The molecule has 1 aliphatic heterocycles. The molecular formula is C18H24N2O2. The smallest absolute Gasteiger partial charge is 0.240 e. The summed E-state index contributed by atoms with van der Waals surface area (Å²) in [5, 5.41) is 9.30. The Morgan fingerprint density at radius 2 is 1.95 bits per heavy atom. The maximum Gasteiger partial charge on any atom is 0.240 e. The number of hydrogen-bond donors (Lipinski definition) is 0. The van der Waals surface area contributed by atoms with Gasteiger partial charge in [0.05, 0.1) is 12.7 Å². The lowest BCUT2D eigenvalue weighted by Crippen LogP contribution is -2.37. The van der Waals surface area contributed by atoms with Crippen molar-refractivity contribution in [2.24, 2.45) is 5.92 Å². The Bertz CT molecular complexity index is 528. The lowest BCUT2D eigenvalue weighted by molar-refractivity contribution is -0.134. The molecule has 118 valence electrons. The molecule has 1 saturated heterocycles. The van der Waals surface area contributed by atoms with Crippen molar-refractivity contribution >= 4 is 5.91 Å². The number of nitrogens with zero attached hydrogens (tertiary/aromatic N) is 2. The first-order chi connectivity index (χ1) is 10.7. The van der Waals surface area contributed by atoms with Crippen LogP contribution in [0.1, 0.15) is 37.7 Å². The maximum atomic E-state index is 12.4. The average Bonchev–Trinajstić information content (AvgIpc) is 2.82. The monoisotopic (exact) mass is 300 g/mol. The van der Waals surface area contributed by atoms with Crippen LogP contribution in [0.25, 0.3) is 0 Å². The molecule has 1 unspecified atom stereocenters. The van der Waals surface area contributed by atoms with Crippen LogP contribution in [0.15, 0.2) is 24.3 Å². The number of aryl methyl sites for hydroxylation is 1. The van der Waals surface area contributed by atoms with Gasteiger partial charge in [0.15, 0.2) is 0 Å². The zero-order valence-corrected chi connectivity index (χ0v) is 13.3. The molecule has 1 aromatic carbocycles. The molecule has 2 rings (SSSR count). The van der Waals surface area contributed by atoms with Crippen molar-refractivity contribution in [1.29, 1.82) is 5.26 Å². The number of ether oxygens (including phenoxy) is 1. The van der Waals surface area contributed by atoms with Gasteiger partial charge in [-0.3, -0.25) is 4.79 Å². The number of benzene rings is 1. The van der Waals surface area contributed by atoms with E-state index in [4.69, 9.17) is 4.74 Å². The van der Waals surface area contributed by atoms with E-state index in [9.17, 15) is 10.1 Å². The van der Waals surface area contributed by atoms with Crippen LogP contribution in [0.3, 0.4) is 0 Å². The standard InChI is InChI=1S/C18H24N2O2/c1-15-8-4-5-9-17(15)22-13-10-16(14-19)18(21)20-11-6-2-3-7-12-20/h4-5,8-9,16H,2-3,6-7,10-13H2,1H3. The van der Waals surface area contributed by atoms with E-state index in [2.05, 4.69) is 6.07 Å². The molecule has 1 aromatic rings. The van der Waals surface area contributed by atoms with Crippen LogP contribution in [0, 0.1) is 24.2 Å². The van der Waals surface area contributed by atoms with Crippen molar-refractivity contribution in [2.45, 2.75) is 39.0 Å². The van der Waals surface area contributed by atoms with Gasteiger partial charge in [-0.2, -0.15) is 5.26 Å². The molecule has 1 amide bonds. The number of carbonyl (C=O) groups excluding carboxylic acids is 1. The number of rotatable bonds is 5. The number of nitriles is 1. The second kappa shape index (κ2) is 8.43. The second-order valence-corrected chi connectivity index (χ2v) is 5.82. The zero-order chi connectivity index (χ0) is 15.8. The zero-order valence-electron chi connectivity index (χ0n) is 13.3. The first-order valence-electron chi connectivity index (χ1n) is 8.09. The van der Waals surface area contributed by atoms with Gasteiger partial charge in [-0.1, -0.05) is 31.0 Å². The molecule has 1 atom stereocenters. The van der Waals surface area contributed by atoms with Crippen molar-refractivity contribution in [1.82, 2.24) is 4.90 Å². The third kappa shape index (κ3) is 4.49. The fourth-order valence-corrected chi connectivity index (χ4v) is 2.76. The predicted octanol–water partition coefficient (Wildman–Crippen LogP) is 3.31. The van der Waals surface area contributed by atoms with Crippen LogP contribution < -0.4 is 4.74 Å². The molecule has 1 heterocycles. The van der Waals surface area contributed by atoms with Crippen molar-refractivity contribution in [3.8, 4) is 11.8 Å². The molecule has 4 nitrogen and oxygen atoms in total. The van der Waals surface area contributed by atoms with Crippen LogP contribution in [0.5, 0.6) is 5.75 Å². The van der Waals surface area contributed by atoms with Gasteiger partial charge in [0.2, 0.25) is 5.91 Å². The summed E-state index contributed by atoms with van der Waals surface area (Å²) in [6.45, 7) is 3.95. The number of likely N-dealkylation sites (tertiary alicyclic amines) is 1.